The summed E-state index contributed by atoms with van der Waals surface area (Å²) in [5, 5.41) is 28.5. The minimum absolute atomic E-state index is 0.238. The van der Waals surface area contributed by atoms with Gasteiger partial charge in [-0.1, -0.05) is 62.6 Å². The Hall–Kier alpha value is -4.81. The summed E-state index contributed by atoms with van der Waals surface area (Å²) < 4.78 is 33.7. The zero-order valence-corrected chi connectivity index (χ0v) is 24.7. The molecule has 1 atom stereocenters. The van der Waals surface area contributed by atoms with E-state index in [1.54, 1.807) is 80.6 Å². The molecule has 0 aromatic heterocycles. The molecule has 1 N–H and O–H groups in total. The van der Waals surface area contributed by atoms with Crippen LogP contribution in [-0.2, 0) is 10.1 Å². The highest BCUT2D eigenvalue weighted by molar-refractivity contribution is 7.86. The van der Waals surface area contributed by atoms with Crippen molar-refractivity contribution in [2.24, 2.45) is 35.9 Å². The van der Waals surface area contributed by atoms with E-state index in [4.69, 9.17) is 0 Å². The lowest BCUT2D eigenvalue weighted by molar-refractivity contribution is 0.483. The number of fused-ring (bicyclic) bond motifs is 1. The highest BCUT2D eigenvalue weighted by Gasteiger charge is 2.22. The Morgan fingerprint density at radius 3 is 2.26 bits per heavy atom. The SMILES string of the molecule is C=CC(=C\C)/N=N/C(C)=C/C=C(C=C)/N=N/C(/C=C\C=C(/C)N=Nc1c(S(=O)(=O)O)cc2ccccc2c1N=O)CC. The van der Waals surface area contributed by atoms with Gasteiger partial charge in [0.05, 0.1) is 28.8 Å². The van der Waals surface area contributed by atoms with Crippen LogP contribution in [0.5, 0.6) is 0 Å². The molecule has 0 radical (unpaired) electrons. The average molecular weight is 588 g/mol. The highest BCUT2D eigenvalue weighted by atomic mass is 32.2. The van der Waals surface area contributed by atoms with Gasteiger partial charge in [0.1, 0.15) is 16.3 Å². The molecule has 12 heteroatoms. The predicted octanol–water partition coefficient (Wildman–Crippen LogP) is 9.77. The number of hydrogen-bond donors (Lipinski definition) is 1. The summed E-state index contributed by atoms with van der Waals surface area (Å²) in [6.07, 6.45) is 14.3. The van der Waals surface area contributed by atoms with Crippen molar-refractivity contribution in [1.82, 2.24) is 0 Å². The molecule has 11 nitrogen and oxygen atoms in total. The van der Waals surface area contributed by atoms with Crippen LogP contribution in [0.3, 0.4) is 0 Å². The number of nitrogens with zero attached hydrogens (tertiary/aromatic N) is 7. The first-order valence-electron chi connectivity index (χ1n) is 12.8. The summed E-state index contributed by atoms with van der Waals surface area (Å²) in [7, 11) is -4.71. The summed E-state index contributed by atoms with van der Waals surface area (Å²) in [6.45, 7) is 14.7. The summed E-state index contributed by atoms with van der Waals surface area (Å²) in [5.74, 6) is 0. The molecule has 0 saturated carbocycles. The second kappa shape index (κ2) is 16.5. The van der Waals surface area contributed by atoms with E-state index in [2.05, 4.69) is 49.0 Å². The van der Waals surface area contributed by atoms with Crippen LogP contribution in [0, 0.1) is 4.91 Å². The van der Waals surface area contributed by atoms with Gasteiger partial charge in [0.25, 0.3) is 10.1 Å². The second-order valence-electron chi connectivity index (χ2n) is 8.66. The molecule has 0 amide bonds. The summed E-state index contributed by atoms with van der Waals surface area (Å²) in [6, 6.07) is 7.51. The quantitative estimate of drug-likeness (QED) is 0.101. The first-order chi connectivity index (χ1) is 20.1. The molecule has 1 unspecified atom stereocenters. The maximum absolute atomic E-state index is 12.0. The molecule has 0 aliphatic heterocycles. The first kappa shape index (κ1) is 33.4. The Labute approximate surface area is 245 Å². The third-order valence-electron chi connectivity index (χ3n) is 5.58. The lowest BCUT2D eigenvalue weighted by atomic mass is 10.1. The van der Waals surface area contributed by atoms with Crippen LogP contribution in [-0.4, -0.2) is 19.0 Å². The fourth-order valence-corrected chi connectivity index (χ4v) is 3.95. The summed E-state index contributed by atoms with van der Waals surface area (Å²) >= 11 is 0. The van der Waals surface area contributed by atoms with Crippen molar-refractivity contribution in [3.8, 4) is 0 Å². The zero-order chi connectivity index (χ0) is 31.1. The molecule has 218 valence electrons. The fourth-order valence-electron chi connectivity index (χ4n) is 3.29. The van der Waals surface area contributed by atoms with Crippen LogP contribution in [0.4, 0.5) is 11.4 Å². The van der Waals surface area contributed by atoms with Crippen molar-refractivity contribution >= 4 is 32.3 Å². The van der Waals surface area contributed by atoms with Gasteiger partial charge < -0.3 is 0 Å². The molecule has 0 saturated heterocycles. The number of hydrogen-bond acceptors (Lipinski definition) is 10. The van der Waals surface area contributed by atoms with E-state index in [-0.39, 0.29) is 17.4 Å². The Kier molecular flexibility index (Phi) is 13.1. The number of rotatable bonds is 14. The van der Waals surface area contributed by atoms with E-state index in [0.29, 0.717) is 40.0 Å². The standard InChI is InChI=1S/C30H33N7O4S/c1-7-24(8-2)33-31-22(6)18-19-26(10-4)35-34-25(9-3)16-13-14-21(5)32-36-30-28(42(39,40)41)20-23-15-11-12-17-27(23)29(30)37-38/h7-8,10-20,25H,1,4,9H2,2-3,5-6H3,(H,39,40,41)/b16-13-,21-14+,22-18+,24-8+,26-19+,33-31+,35-34+,36-32?. The third kappa shape index (κ3) is 9.98. The minimum Gasteiger partial charge on any atom is -0.282 e. The molecular weight excluding hydrogens is 554 g/mol. The summed E-state index contributed by atoms with van der Waals surface area (Å²) in [5.41, 5.74) is 1.67. The minimum atomic E-state index is -4.71. The van der Waals surface area contributed by atoms with Crippen molar-refractivity contribution in [1.29, 1.82) is 0 Å². The van der Waals surface area contributed by atoms with E-state index in [1.807, 2.05) is 19.9 Å². The van der Waals surface area contributed by atoms with Crippen LogP contribution in [0.15, 0.2) is 156 Å². The average Bonchev–Trinajstić information content (AvgIpc) is 2.98. The monoisotopic (exact) mass is 587 g/mol. The molecule has 2 rings (SSSR count). The predicted molar refractivity (Wildman–Crippen MR) is 166 cm³/mol. The first-order valence-corrected chi connectivity index (χ1v) is 14.3. The molecule has 0 heterocycles. The van der Waals surface area contributed by atoms with E-state index >= 15 is 0 Å². The number of benzene rings is 2. The van der Waals surface area contributed by atoms with Crippen LogP contribution in [0.25, 0.3) is 10.8 Å². The largest absolute Gasteiger partial charge is 0.296 e. The van der Waals surface area contributed by atoms with Gasteiger partial charge >= 0.3 is 0 Å². The van der Waals surface area contributed by atoms with Gasteiger partial charge in [0, 0.05) is 5.39 Å². The van der Waals surface area contributed by atoms with Crippen LogP contribution < -0.4 is 0 Å². The molecule has 0 fully saturated rings. The lowest BCUT2D eigenvalue weighted by Crippen LogP contribution is -1.99. The van der Waals surface area contributed by atoms with Crippen molar-refractivity contribution in [3.05, 3.63) is 120 Å². The van der Waals surface area contributed by atoms with E-state index in [1.165, 1.54) is 6.07 Å². The smallest absolute Gasteiger partial charge is 0.282 e. The number of allylic oxidation sites excluding steroid dienone is 9. The van der Waals surface area contributed by atoms with Crippen molar-refractivity contribution < 1.29 is 13.0 Å². The fraction of sp³-hybridized carbons (Fsp3) is 0.200. The van der Waals surface area contributed by atoms with Gasteiger partial charge in [-0.25, -0.2) is 0 Å². The molecule has 0 bridgehead atoms. The Morgan fingerprint density at radius 2 is 1.64 bits per heavy atom. The molecule has 42 heavy (non-hydrogen) atoms. The Bertz CT molecular complexity index is 1680. The van der Waals surface area contributed by atoms with Gasteiger partial charge in [-0.3, -0.25) is 4.55 Å². The Morgan fingerprint density at radius 1 is 0.952 bits per heavy atom. The van der Waals surface area contributed by atoms with Crippen LogP contribution in [0.1, 0.15) is 34.1 Å². The number of azo groups is 3. The van der Waals surface area contributed by atoms with Crippen LogP contribution in [0.2, 0.25) is 0 Å². The highest BCUT2D eigenvalue weighted by Crippen LogP contribution is 2.41. The molecule has 2 aromatic carbocycles. The van der Waals surface area contributed by atoms with Crippen molar-refractivity contribution in [2.75, 3.05) is 0 Å². The van der Waals surface area contributed by atoms with Gasteiger partial charge in [-0.05, 0) is 74.2 Å². The zero-order valence-electron chi connectivity index (χ0n) is 23.9. The van der Waals surface area contributed by atoms with Crippen molar-refractivity contribution in [2.45, 2.75) is 45.1 Å². The van der Waals surface area contributed by atoms with E-state index in [0.717, 1.165) is 0 Å². The number of nitroso groups, excluding NO2 is 1. The molecule has 0 spiro atoms. The molecule has 0 aliphatic rings. The van der Waals surface area contributed by atoms with Crippen LogP contribution >= 0.6 is 0 Å². The topological polar surface area (TPSA) is 158 Å². The maximum atomic E-state index is 12.0. The molecule has 0 aliphatic carbocycles. The van der Waals surface area contributed by atoms with Crippen molar-refractivity contribution in [3.63, 3.8) is 0 Å². The lowest BCUT2D eigenvalue weighted by Gasteiger charge is -2.07. The second-order valence-corrected chi connectivity index (χ2v) is 10.1. The maximum Gasteiger partial charge on any atom is 0.296 e. The van der Waals surface area contributed by atoms with Gasteiger partial charge in [0.2, 0.25) is 0 Å². The van der Waals surface area contributed by atoms with E-state index in [9.17, 15) is 17.9 Å². The van der Waals surface area contributed by atoms with Gasteiger partial charge in [-0.2, -0.15) is 34.0 Å². The summed E-state index contributed by atoms with van der Waals surface area (Å²) in [4.78, 5) is 11.1. The molecule has 2 aromatic rings. The third-order valence-corrected chi connectivity index (χ3v) is 6.45. The molecular formula is C30H33N7O4S. The van der Waals surface area contributed by atoms with Gasteiger partial charge in [0.15, 0.2) is 0 Å². The normalized spacial score (nSPS) is 15.0. The van der Waals surface area contributed by atoms with Gasteiger partial charge in [-0.15, -0.1) is 10.0 Å². The van der Waals surface area contributed by atoms with E-state index < -0.39 is 15.0 Å². The Balaban J connectivity index is 2.25.